The van der Waals surface area contributed by atoms with E-state index in [-0.39, 0.29) is 6.10 Å². The highest BCUT2D eigenvalue weighted by Gasteiger charge is 2.19. The van der Waals surface area contributed by atoms with E-state index in [9.17, 15) is 4.79 Å². The Balaban J connectivity index is 2.01. The van der Waals surface area contributed by atoms with Crippen molar-refractivity contribution >= 4 is 11.7 Å². The van der Waals surface area contributed by atoms with Crippen molar-refractivity contribution < 1.29 is 14.4 Å². The molecule has 4 heteroatoms. The lowest BCUT2D eigenvalue weighted by molar-refractivity contribution is 0.0514. The summed E-state index contributed by atoms with van der Waals surface area (Å²) in [6.45, 7) is 6.29. The fourth-order valence-electron chi connectivity index (χ4n) is 2.73. The Hall–Kier alpha value is -2.10. The zero-order chi connectivity index (χ0) is 17.4. The van der Waals surface area contributed by atoms with Gasteiger partial charge in [-0.25, -0.2) is 4.79 Å². The third-order valence-electron chi connectivity index (χ3n) is 4.22. The normalized spacial score (nSPS) is 17.7. The number of carbonyl (C=O) groups excluding carboxylic acids is 1. The van der Waals surface area contributed by atoms with Crippen molar-refractivity contribution in [2.45, 2.75) is 65.4 Å². The molecule has 2 rings (SSSR count). The van der Waals surface area contributed by atoms with Crippen molar-refractivity contribution in [3.63, 3.8) is 0 Å². The lowest BCUT2D eigenvalue weighted by atomic mass is 9.96. The minimum Gasteiger partial charge on any atom is -0.495 e. The van der Waals surface area contributed by atoms with Crippen LogP contribution in [0, 0.1) is 0 Å². The summed E-state index contributed by atoms with van der Waals surface area (Å²) >= 11 is 0. The minimum atomic E-state index is -0.430. The quantitative estimate of drug-likeness (QED) is 0.507. The summed E-state index contributed by atoms with van der Waals surface area (Å²) in [4.78, 5) is 17.1. The van der Waals surface area contributed by atoms with Crippen molar-refractivity contribution in [2.75, 3.05) is 0 Å². The van der Waals surface area contributed by atoms with Crippen LogP contribution in [0.1, 0.15) is 69.7 Å². The summed E-state index contributed by atoms with van der Waals surface area (Å²) in [7, 11) is 0. The molecule has 1 unspecified atom stereocenters. The van der Waals surface area contributed by atoms with Crippen molar-refractivity contribution in [3.8, 4) is 0 Å². The number of carbonyl (C=O) groups is 1. The highest BCUT2D eigenvalue weighted by molar-refractivity contribution is 6.01. The lowest BCUT2D eigenvalue weighted by Gasteiger charge is -2.23. The maximum Gasteiger partial charge on any atom is 0.365 e. The van der Waals surface area contributed by atoms with Gasteiger partial charge in [-0.3, -0.25) is 0 Å². The summed E-state index contributed by atoms with van der Waals surface area (Å²) in [5.41, 5.74) is 2.32. The predicted octanol–water partition coefficient (Wildman–Crippen LogP) is 5.25. The van der Waals surface area contributed by atoms with Gasteiger partial charge in [0.15, 0.2) is 0 Å². The molecule has 0 saturated carbocycles. The standard InChI is InChI=1S/C20H27NO3/c1-4-5-10-15(2)23-19-14-9-13-18(16(19)3)21-24-20(22)17-11-7-6-8-12-17/h6-8,11-12,15H,4-5,9-10,13-14H2,1-3H3/b21-18+. The molecule has 130 valence electrons. The van der Waals surface area contributed by atoms with Crippen molar-refractivity contribution in [1.29, 1.82) is 0 Å². The van der Waals surface area contributed by atoms with Gasteiger partial charge in [0, 0.05) is 12.0 Å². The van der Waals surface area contributed by atoms with Crippen molar-refractivity contribution in [2.24, 2.45) is 5.16 Å². The summed E-state index contributed by atoms with van der Waals surface area (Å²) in [6.07, 6.45) is 6.31. The number of rotatable bonds is 7. The van der Waals surface area contributed by atoms with Gasteiger partial charge >= 0.3 is 5.97 Å². The molecule has 0 aromatic heterocycles. The molecule has 1 atom stereocenters. The minimum absolute atomic E-state index is 0.209. The molecule has 1 aliphatic carbocycles. The van der Waals surface area contributed by atoms with E-state index in [2.05, 4.69) is 19.0 Å². The van der Waals surface area contributed by atoms with E-state index in [0.29, 0.717) is 5.56 Å². The maximum absolute atomic E-state index is 12.0. The number of oxime groups is 1. The topological polar surface area (TPSA) is 47.9 Å². The number of hydrogen-bond acceptors (Lipinski definition) is 4. The molecule has 0 spiro atoms. The first kappa shape index (κ1) is 18.2. The molecule has 1 aromatic rings. The van der Waals surface area contributed by atoms with Gasteiger partial charge in [-0.05, 0) is 45.2 Å². The van der Waals surface area contributed by atoms with Crippen LogP contribution in [0.25, 0.3) is 0 Å². The van der Waals surface area contributed by atoms with Gasteiger partial charge in [-0.2, -0.15) is 0 Å². The van der Waals surface area contributed by atoms with Crippen LogP contribution < -0.4 is 0 Å². The first-order valence-corrected chi connectivity index (χ1v) is 8.81. The van der Waals surface area contributed by atoms with Crippen molar-refractivity contribution in [3.05, 3.63) is 47.2 Å². The fraction of sp³-hybridized carbons (Fsp3) is 0.500. The Morgan fingerprint density at radius 1 is 1.25 bits per heavy atom. The third-order valence-corrected chi connectivity index (χ3v) is 4.22. The molecule has 4 nitrogen and oxygen atoms in total. The van der Waals surface area contributed by atoms with E-state index in [1.165, 1.54) is 12.8 Å². The van der Waals surface area contributed by atoms with E-state index in [1.54, 1.807) is 24.3 Å². The lowest BCUT2D eigenvalue weighted by Crippen LogP contribution is -2.17. The molecule has 24 heavy (non-hydrogen) atoms. The SMILES string of the molecule is CCCCC(C)OC1=C(C)/C(=N/OC(=O)c2ccccc2)CCC1. The smallest absolute Gasteiger partial charge is 0.365 e. The van der Waals surface area contributed by atoms with E-state index in [1.807, 2.05) is 13.0 Å². The Kier molecular flexibility index (Phi) is 7.04. The average molecular weight is 329 g/mol. The van der Waals surface area contributed by atoms with Gasteiger partial charge in [-0.15, -0.1) is 0 Å². The van der Waals surface area contributed by atoms with E-state index >= 15 is 0 Å². The Bertz CT molecular complexity index is 605. The summed E-state index contributed by atoms with van der Waals surface area (Å²) in [5.74, 6) is 0.555. The van der Waals surface area contributed by atoms with Crippen LogP contribution in [0.15, 0.2) is 46.8 Å². The van der Waals surface area contributed by atoms with Gasteiger partial charge < -0.3 is 9.57 Å². The summed E-state index contributed by atoms with van der Waals surface area (Å²) < 4.78 is 6.09. The number of nitrogens with zero attached hydrogens (tertiary/aromatic N) is 1. The third kappa shape index (κ3) is 5.22. The predicted molar refractivity (Wildman–Crippen MR) is 95.9 cm³/mol. The van der Waals surface area contributed by atoms with Crippen LogP contribution in [0.4, 0.5) is 0 Å². The first-order chi connectivity index (χ1) is 11.6. The zero-order valence-electron chi connectivity index (χ0n) is 14.9. The van der Waals surface area contributed by atoms with Crippen molar-refractivity contribution in [1.82, 2.24) is 0 Å². The van der Waals surface area contributed by atoms with E-state index < -0.39 is 5.97 Å². The molecule has 0 radical (unpaired) electrons. The second kappa shape index (κ2) is 9.26. The molecule has 0 fully saturated rings. The number of ether oxygens (including phenoxy) is 1. The summed E-state index contributed by atoms with van der Waals surface area (Å²) in [6, 6.07) is 8.91. The first-order valence-electron chi connectivity index (χ1n) is 8.81. The number of benzene rings is 1. The highest BCUT2D eigenvalue weighted by atomic mass is 16.7. The molecule has 0 amide bonds. The van der Waals surface area contributed by atoms with Gasteiger partial charge in [0.1, 0.15) is 5.76 Å². The Labute approximate surface area is 144 Å². The van der Waals surface area contributed by atoms with Crippen LogP contribution >= 0.6 is 0 Å². The van der Waals surface area contributed by atoms with E-state index in [4.69, 9.17) is 9.57 Å². The van der Waals surface area contributed by atoms with Crippen LogP contribution in [0.2, 0.25) is 0 Å². The zero-order valence-corrected chi connectivity index (χ0v) is 14.9. The average Bonchev–Trinajstić information content (AvgIpc) is 2.61. The second-order valence-electron chi connectivity index (χ2n) is 6.26. The molecule has 1 aliphatic rings. The second-order valence-corrected chi connectivity index (χ2v) is 6.26. The largest absolute Gasteiger partial charge is 0.495 e. The van der Waals surface area contributed by atoms with Gasteiger partial charge in [-0.1, -0.05) is 43.1 Å². The molecule has 0 aliphatic heterocycles. The van der Waals surface area contributed by atoms with Crippen LogP contribution in [-0.4, -0.2) is 17.8 Å². The molecule has 0 N–H and O–H groups in total. The molecular weight excluding hydrogens is 302 g/mol. The van der Waals surface area contributed by atoms with Gasteiger partial charge in [0.2, 0.25) is 0 Å². The molecule has 0 bridgehead atoms. The van der Waals surface area contributed by atoms with E-state index in [0.717, 1.165) is 42.7 Å². The highest BCUT2D eigenvalue weighted by Crippen LogP contribution is 2.26. The van der Waals surface area contributed by atoms with Gasteiger partial charge in [0.25, 0.3) is 0 Å². The number of allylic oxidation sites excluding steroid dienone is 2. The maximum atomic E-state index is 12.0. The van der Waals surface area contributed by atoms with Crippen LogP contribution in [-0.2, 0) is 9.57 Å². The molecule has 0 saturated heterocycles. The molecule has 0 heterocycles. The van der Waals surface area contributed by atoms with Crippen LogP contribution in [0.5, 0.6) is 0 Å². The Morgan fingerprint density at radius 2 is 2.00 bits per heavy atom. The van der Waals surface area contributed by atoms with Crippen LogP contribution in [0.3, 0.4) is 0 Å². The Morgan fingerprint density at radius 3 is 2.71 bits per heavy atom. The molecular formula is C20H27NO3. The molecule has 1 aromatic carbocycles. The number of unbranched alkanes of at least 4 members (excludes halogenated alkanes) is 1. The summed E-state index contributed by atoms with van der Waals surface area (Å²) in [5, 5.41) is 4.09. The monoisotopic (exact) mass is 329 g/mol. The number of hydrogen-bond donors (Lipinski definition) is 0. The fourth-order valence-corrected chi connectivity index (χ4v) is 2.73. The van der Waals surface area contributed by atoms with Gasteiger partial charge in [0.05, 0.1) is 17.4 Å².